The quantitative estimate of drug-likeness (QED) is 0.0378. The van der Waals surface area contributed by atoms with Crippen LogP contribution in [-0.4, -0.2) is 99.5 Å². The molecule has 1 saturated heterocycles. The van der Waals surface area contributed by atoms with Gasteiger partial charge in [0.1, 0.15) is 12.4 Å². The number of azide groups is 1. The summed E-state index contributed by atoms with van der Waals surface area (Å²) in [6, 6.07) is 4.88. The van der Waals surface area contributed by atoms with Gasteiger partial charge in [-0.05, 0) is 47.3 Å². The van der Waals surface area contributed by atoms with Crippen molar-refractivity contribution in [2.24, 2.45) is 22.9 Å². The molecule has 0 aromatic heterocycles. The van der Waals surface area contributed by atoms with E-state index in [1.807, 2.05) is 0 Å². The standard InChI is InChI=1S/C31H46N4O14Si/c1-31(2,3)50(5,6)47-17-18-7-8-22(23(13-18)46-12-11-45-10-9-33-35-32)34-30(43)49-29-21(16-26(40)41)19(14-24(36)37)20(15-25(38)39)27(48-29)28(42)44-4/h7-8,13,19-21,27,29H,9-12,14-17H2,1-6H3,(H,34,43)(H,36,37)(H,38,39)(H,40,41)/t19-,20-,21+,27-,29-/m0/s1. The summed E-state index contributed by atoms with van der Waals surface area (Å²) < 4.78 is 33.5. The van der Waals surface area contributed by atoms with Crippen molar-refractivity contribution in [1.29, 1.82) is 0 Å². The van der Waals surface area contributed by atoms with Crippen molar-refractivity contribution in [3.63, 3.8) is 0 Å². The van der Waals surface area contributed by atoms with Crippen LogP contribution in [0.1, 0.15) is 45.6 Å². The zero-order chi connectivity index (χ0) is 37.6. The van der Waals surface area contributed by atoms with Crippen LogP contribution in [-0.2, 0) is 49.2 Å². The number of hydrogen-bond donors (Lipinski definition) is 4. The summed E-state index contributed by atoms with van der Waals surface area (Å²) in [5, 5.41) is 34.6. The van der Waals surface area contributed by atoms with E-state index in [9.17, 15) is 39.3 Å². The van der Waals surface area contributed by atoms with Crippen LogP contribution in [0.15, 0.2) is 23.3 Å². The van der Waals surface area contributed by atoms with E-state index in [4.69, 9.17) is 33.6 Å². The summed E-state index contributed by atoms with van der Waals surface area (Å²) in [4.78, 5) is 64.0. The van der Waals surface area contributed by atoms with E-state index in [0.717, 1.165) is 12.7 Å². The molecular weight excluding hydrogens is 680 g/mol. The Morgan fingerprint density at radius 1 is 0.960 bits per heavy atom. The number of rotatable bonds is 19. The monoisotopic (exact) mass is 726 g/mol. The normalized spacial score (nSPS) is 20.6. The molecule has 19 heteroatoms. The first-order valence-electron chi connectivity index (χ1n) is 15.7. The van der Waals surface area contributed by atoms with Crippen LogP contribution < -0.4 is 10.1 Å². The zero-order valence-corrected chi connectivity index (χ0v) is 29.9. The molecule has 4 N–H and O–H groups in total. The van der Waals surface area contributed by atoms with E-state index >= 15 is 0 Å². The molecule has 0 radical (unpaired) electrons. The Bertz CT molecular complexity index is 1410. The fraction of sp³-hybridized carbons (Fsp3) is 0.645. The first-order chi connectivity index (χ1) is 23.4. The molecule has 1 amide bonds. The van der Waals surface area contributed by atoms with Crippen LogP contribution in [0.3, 0.4) is 0 Å². The smallest absolute Gasteiger partial charge is 0.414 e. The number of carboxylic acid groups (broad SMARTS) is 3. The summed E-state index contributed by atoms with van der Waals surface area (Å²) in [6.45, 7) is 11.2. The van der Waals surface area contributed by atoms with E-state index in [0.29, 0.717) is 0 Å². The molecule has 50 heavy (non-hydrogen) atoms. The number of anilines is 1. The van der Waals surface area contributed by atoms with Crippen molar-refractivity contribution in [2.45, 2.75) is 77.2 Å². The van der Waals surface area contributed by atoms with E-state index in [1.165, 1.54) is 6.07 Å². The van der Waals surface area contributed by atoms with Gasteiger partial charge in [-0.2, -0.15) is 0 Å². The Hall–Kier alpha value is -4.42. The fourth-order valence-corrected chi connectivity index (χ4v) is 5.99. The number of amides is 1. The second-order valence-electron chi connectivity index (χ2n) is 13.1. The Morgan fingerprint density at radius 3 is 2.16 bits per heavy atom. The predicted octanol–water partition coefficient (Wildman–Crippen LogP) is 4.63. The first kappa shape index (κ1) is 41.7. The third-order valence-corrected chi connectivity index (χ3v) is 13.1. The minimum atomic E-state index is -2.13. The zero-order valence-electron chi connectivity index (χ0n) is 28.9. The summed E-state index contributed by atoms with van der Waals surface area (Å²) >= 11 is 0. The molecule has 1 aromatic rings. The molecule has 1 aromatic carbocycles. The molecule has 0 unspecified atom stereocenters. The van der Waals surface area contributed by atoms with Crippen LogP contribution in [0, 0.1) is 17.8 Å². The second-order valence-corrected chi connectivity index (χ2v) is 17.9. The van der Waals surface area contributed by atoms with Crippen LogP contribution in [0.4, 0.5) is 10.5 Å². The van der Waals surface area contributed by atoms with Gasteiger partial charge in [0.25, 0.3) is 0 Å². The minimum absolute atomic E-state index is 0.0294. The lowest BCUT2D eigenvalue weighted by Crippen LogP contribution is -2.54. The summed E-state index contributed by atoms with van der Waals surface area (Å²) in [6.07, 6.45) is -6.88. The maximum absolute atomic E-state index is 13.3. The number of nitrogens with one attached hydrogen (secondary N) is 1. The number of hydrogen-bond acceptors (Lipinski definition) is 12. The number of nitrogens with zero attached hydrogens (tertiary/aromatic N) is 3. The van der Waals surface area contributed by atoms with E-state index in [2.05, 4.69) is 49.2 Å². The van der Waals surface area contributed by atoms with Crippen LogP contribution in [0.5, 0.6) is 5.75 Å². The van der Waals surface area contributed by atoms with Crippen molar-refractivity contribution in [1.82, 2.24) is 0 Å². The van der Waals surface area contributed by atoms with Crippen molar-refractivity contribution in [2.75, 3.05) is 38.8 Å². The summed E-state index contributed by atoms with van der Waals surface area (Å²) in [5.41, 5.74) is 9.26. The molecule has 0 bridgehead atoms. The van der Waals surface area contributed by atoms with Crippen LogP contribution in [0.25, 0.3) is 10.4 Å². The molecule has 1 aliphatic heterocycles. The van der Waals surface area contributed by atoms with Crippen molar-refractivity contribution < 1.29 is 67.4 Å². The lowest BCUT2D eigenvalue weighted by atomic mass is 9.71. The van der Waals surface area contributed by atoms with Gasteiger partial charge in [0.15, 0.2) is 14.4 Å². The molecule has 278 valence electrons. The number of aliphatic carboxylic acids is 3. The SMILES string of the molecule is COC(=O)[C@H]1O[C@@H](OC(=O)Nc2ccc(CO[Si](C)(C)C(C)(C)C)cc2OCCOCCN=[N+]=[N-])[C@H](CC(=O)O)[C@@H](CC(=O)O)[C@@H]1CC(=O)O. The Morgan fingerprint density at radius 2 is 1.58 bits per heavy atom. The van der Waals surface area contributed by atoms with Crippen molar-refractivity contribution >= 4 is 44.0 Å². The summed E-state index contributed by atoms with van der Waals surface area (Å²) in [7, 11) is -1.12. The van der Waals surface area contributed by atoms with E-state index in [1.54, 1.807) is 12.1 Å². The highest BCUT2D eigenvalue weighted by Gasteiger charge is 2.52. The first-order valence-corrected chi connectivity index (χ1v) is 18.7. The molecule has 0 aliphatic carbocycles. The van der Waals surface area contributed by atoms with Gasteiger partial charge >= 0.3 is 30.0 Å². The molecule has 1 fully saturated rings. The van der Waals surface area contributed by atoms with Gasteiger partial charge in [0, 0.05) is 29.7 Å². The van der Waals surface area contributed by atoms with Crippen molar-refractivity contribution in [3.8, 4) is 5.75 Å². The highest BCUT2D eigenvalue weighted by Crippen LogP contribution is 2.43. The Balaban J connectivity index is 2.38. The maximum atomic E-state index is 13.3. The van der Waals surface area contributed by atoms with Gasteiger partial charge in [-0.1, -0.05) is 32.0 Å². The third-order valence-electron chi connectivity index (χ3n) is 8.58. The molecule has 5 atom stereocenters. The molecule has 1 aliphatic rings. The van der Waals surface area contributed by atoms with Gasteiger partial charge in [0.05, 0.1) is 45.5 Å². The molecule has 2 rings (SSSR count). The highest BCUT2D eigenvalue weighted by molar-refractivity contribution is 6.74. The topological polar surface area (TPSA) is 262 Å². The summed E-state index contributed by atoms with van der Waals surface area (Å²) in [5.74, 6) is -8.97. The van der Waals surface area contributed by atoms with Crippen molar-refractivity contribution in [3.05, 3.63) is 34.2 Å². The molecule has 0 spiro atoms. The fourth-order valence-electron chi connectivity index (χ4n) is 5.03. The molecule has 0 saturated carbocycles. The lowest BCUT2D eigenvalue weighted by Gasteiger charge is -2.44. The molecular formula is C31H46N4O14Si. The molecule has 18 nitrogen and oxygen atoms in total. The maximum Gasteiger partial charge on any atom is 0.414 e. The Kier molecular flexibility index (Phi) is 15.9. The molecule has 1 heterocycles. The van der Waals surface area contributed by atoms with Gasteiger partial charge in [-0.25, -0.2) is 9.59 Å². The van der Waals surface area contributed by atoms with Crippen LogP contribution >= 0.6 is 0 Å². The third kappa shape index (κ3) is 12.8. The number of carbonyl (C=O) groups is 5. The largest absolute Gasteiger partial charge is 0.489 e. The Labute approximate surface area is 290 Å². The van der Waals surface area contributed by atoms with Gasteiger partial charge < -0.3 is 43.4 Å². The second kappa shape index (κ2) is 19.1. The highest BCUT2D eigenvalue weighted by atomic mass is 28.4. The van der Waals surface area contributed by atoms with Crippen LogP contribution in [0.2, 0.25) is 18.1 Å². The number of carboxylic acids is 3. The van der Waals surface area contributed by atoms with E-state index < -0.39 is 87.7 Å². The average Bonchev–Trinajstić information content (AvgIpc) is 3.01. The average molecular weight is 727 g/mol. The van der Waals surface area contributed by atoms with Gasteiger partial charge in [-0.15, -0.1) is 0 Å². The lowest BCUT2D eigenvalue weighted by molar-refractivity contribution is -0.240. The van der Waals surface area contributed by atoms with Gasteiger partial charge in [-0.3, -0.25) is 19.7 Å². The number of esters is 1. The number of carbonyl (C=O) groups excluding carboxylic acids is 2. The predicted molar refractivity (Wildman–Crippen MR) is 177 cm³/mol. The minimum Gasteiger partial charge on any atom is -0.489 e. The number of benzene rings is 1. The van der Waals surface area contributed by atoms with Gasteiger partial charge in [0.2, 0.25) is 6.29 Å². The van der Waals surface area contributed by atoms with E-state index in [-0.39, 0.29) is 49.4 Å². The number of methoxy groups -OCH3 is 1. The number of ether oxygens (including phenoxy) is 5.